The number of carbonyl (C=O) groups excluding carboxylic acids is 1. The van der Waals surface area contributed by atoms with Gasteiger partial charge in [0.15, 0.2) is 6.29 Å². The van der Waals surface area contributed by atoms with Crippen LogP contribution in [-0.4, -0.2) is 18.0 Å². The Bertz CT molecular complexity index is 249. The molecule has 0 aliphatic heterocycles. The molecule has 0 amide bonds. The van der Waals surface area contributed by atoms with Gasteiger partial charge in [0.2, 0.25) is 6.33 Å². The second-order valence-electron chi connectivity index (χ2n) is 2.29. The van der Waals surface area contributed by atoms with E-state index in [1.807, 2.05) is 17.8 Å². The van der Waals surface area contributed by atoms with Gasteiger partial charge in [0.25, 0.3) is 6.23 Å². The molecule has 1 aromatic rings. The summed E-state index contributed by atoms with van der Waals surface area (Å²) in [6.45, 7) is 0. The van der Waals surface area contributed by atoms with Gasteiger partial charge in [0.05, 0.1) is 7.05 Å². The molecule has 4 nitrogen and oxygen atoms in total. The van der Waals surface area contributed by atoms with E-state index in [1.165, 1.54) is 7.11 Å². The summed E-state index contributed by atoms with van der Waals surface area (Å²) in [5.41, 5.74) is 0. The van der Waals surface area contributed by atoms with E-state index in [4.69, 9.17) is 4.74 Å². The molecule has 0 aliphatic carbocycles. The predicted octanol–water partition coefficient (Wildman–Crippen LogP) is -3.34. The summed E-state index contributed by atoms with van der Waals surface area (Å²) < 4.78 is 8.41. The van der Waals surface area contributed by atoms with Crippen LogP contribution in [0.25, 0.3) is 0 Å². The minimum Gasteiger partial charge on any atom is -1.00 e. The summed E-state index contributed by atoms with van der Waals surface area (Å²) in [6, 6.07) is 0. The topological polar surface area (TPSA) is 35.1 Å². The molecule has 5 heteroatoms. The normalized spacial score (nSPS) is 11.8. The molecule has 1 atom stereocenters. The third kappa shape index (κ3) is 2.56. The molecule has 1 unspecified atom stereocenters. The van der Waals surface area contributed by atoms with Crippen molar-refractivity contribution in [3.05, 3.63) is 18.7 Å². The highest BCUT2D eigenvalue weighted by Gasteiger charge is 2.12. The summed E-state index contributed by atoms with van der Waals surface area (Å²) >= 11 is 0. The summed E-state index contributed by atoms with van der Waals surface area (Å²) in [6.07, 6.45) is 5.65. The molecule has 68 valence electrons. The Hall–Kier alpha value is -0.430. The van der Waals surface area contributed by atoms with Crippen LogP contribution in [0.5, 0.6) is 0 Å². The van der Waals surface area contributed by atoms with Crippen molar-refractivity contribution in [3.63, 3.8) is 0 Å². The highest BCUT2D eigenvalue weighted by molar-refractivity contribution is 5.53. The van der Waals surface area contributed by atoms with Gasteiger partial charge in [-0.15, -0.1) is 0 Å². The van der Waals surface area contributed by atoms with E-state index in [1.54, 1.807) is 17.1 Å². The van der Waals surface area contributed by atoms with E-state index >= 15 is 0 Å². The molecule has 0 aliphatic rings. The first-order valence-corrected chi connectivity index (χ1v) is 3.28. The third-order valence-electron chi connectivity index (χ3n) is 1.44. The Balaban J connectivity index is 0.00000121. The Labute approximate surface area is 88.2 Å². The van der Waals surface area contributed by atoms with Gasteiger partial charge in [-0.05, 0) is 0 Å². The highest BCUT2D eigenvalue weighted by atomic mass is 127. The molecule has 1 aromatic heterocycles. The number of halogens is 1. The van der Waals surface area contributed by atoms with Crippen LogP contribution in [0.4, 0.5) is 0 Å². The Morgan fingerprint density at radius 2 is 2.33 bits per heavy atom. The van der Waals surface area contributed by atoms with Crippen LogP contribution in [0, 0.1) is 0 Å². The van der Waals surface area contributed by atoms with Gasteiger partial charge >= 0.3 is 0 Å². The number of imidazole rings is 1. The van der Waals surface area contributed by atoms with Gasteiger partial charge in [-0.1, -0.05) is 0 Å². The molecule has 12 heavy (non-hydrogen) atoms. The van der Waals surface area contributed by atoms with E-state index in [9.17, 15) is 4.79 Å². The van der Waals surface area contributed by atoms with Crippen LogP contribution in [0.15, 0.2) is 18.7 Å². The van der Waals surface area contributed by atoms with Crippen LogP contribution < -0.4 is 28.5 Å². The number of nitrogens with zero attached hydrogens (tertiary/aromatic N) is 2. The first kappa shape index (κ1) is 11.6. The smallest absolute Gasteiger partial charge is 0.258 e. The zero-order valence-corrected chi connectivity index (χ0v) is 9.13. The lowest BCUT2D eigenvalue weighted by molar-refractivity contribution is -0.671. The lowest BCUT2D eigenvalue weighted by atomic mass is 10.6. The van der Waals surface area contributed by atoms with Crippen molar-refractivity contribution in [3.8, 4) is 0 Å². The molecule has 0 saturated heterocycles. The number of methoxy groups -OCH3 is 1. The summed E-state index contributed by atoms with van der Waals surface area (Å²) in [5, 5.41) is 0. The maximum Gasteiger partial charge on any atom is 0.258 e. The average Bonchev–Trinajstić information content (AvgIpc) is 2.39. The first-order chi connectivity index (χ1) is 5.27. The standard InChI is InChI=1S/C7H11N2O2.HI/c1-8-3-4-9(6-8)7(5-10)11-2;/h3-7H,1-2H3;1H/q+1;/p-1. The fourth-order valence-electron chi connectivity index (χ4n) is 0.868. The highest BCUT2D eigenvalue weighted by Crippen LogP contribution is 2.00. The van der Waals surface area contributed by atoms with Crippen LogP contribution in [0.3, 0.4) is 0 Å². The largest absolute Gasteiger partial charge is 1.00 e. The quantitative estimate of drug-likeness (QED) is 0.330. The number of rotatable bonds is 3. The predicted molar refractivity (Wildman–Crippen MR) is 37.7 cm³/mol. The fraction of sp³-hybridized carbons (Fsp3) is 0.429. The SMILES string of the molecule is COC(C=O)n1cc[n+](C)c1.[I-]. The van der Waals surface area contributed by atoms with Crippen LogP contribution >= 0.6 is 0 Å². The van der Waals surface area contributed by atoms with Crippen molar-refractivity contribution in [1.29, 1.82) is 0 Å². The molecule has 0 spiro atoms. The van der Waals surface area contributed by atoms with Gasteiger partial charge in [0, 0.05) is 7.11 Å². The average molecular weight is 282 g/mol. The monoisotopic (exact) mass is 282 g/mol. The molecule has 1 rings (SSSR count). The Morgan fingerprint density at radius 3 is 2.67 bits per heavy atom. The van der Waals surface area contributed by atoms with E-state index < -0.39 is 6.23 Å². The van der Waals surface area contributed by atoms with Crippen LogP contribution in [0.2, 0.25) is 0 Å². The van der Waals surface area contributed by atoms with Gasteiger partial charge in [-0.3, -0.25) is 4.79 Å². The number of hydrogen-bond acceptors (Lipinski definition) is 2. The maximum absolute atomic E-state index is 10.4. The van der Waals surface area contributed by atoms with E-state index in [0.717, 1.165) is 6.29 Å². The molecule has 1 heterocycles. The summed E-state index contributed by atoms with van der Waals surface area (Å²) in [5.74, 6) is 0. The Morgan fingerprint density at radius 1 is 1.67 bits per heavy atom. The number of ether oxygens (including phenoxy) is 1. The van der Waals surface area contributed by atoms with Crippen LogP contribution in [0.1, 0.15) is 6.23 Å². The number of carbonyl (C=O) groups is 1. The molecule has 0 saturated carbocycles. The number of aromatic nitrogens is 2. The number of hydrogen-bond donors (Lipinski definition) is 0. The van der Waals surface area contributed by atoms with Gasteiger partial charge in [-0.25, -0.2) is 9.13 Å². The molecular formula is C7H11IN2O2. The van der Waals surface area contributed by atoms with Crippen molar-refractivity contribution in [2.24, 2.45) is 7.05 Å². The second-order valence-corrected chi connectivity index (χ2v) is 2.29. The number of aryl methyl sites for hydroxylation is 1. The zero-order valence-electron chi connectivity index (χ0n) is 6.98. The van der Waals surface area contributed by atoms with Crippen molar-refractivity contribution < 1.29 is 38.1 Å². The van der Waals surface area contributed by atoms with Crippen molar-refractivity contribution >= 4 is 6.29 Å². The minimum absolute atomic E-state index is 0. The molecule has 0 N–H and O–H groups in total. The molecule has 0 radical (unpaired) electrons. The lowest BCUT2D eigenvalue weighted by Gasteiger charge is -2.01. The second kappa shape index (κ2) is 5.26. The van der Waals surface area contributed by atoms with Crippen molar-refractivity contribution in [1.82, 2.24) is 4.57 Å². The molecule has 0 aromatic carbocycles. The summed E-state index contributed by atoms with van der Waals surface area (Å²) in [7, 11) is 3.38. The molecular weight excluding hydrogens is 271 g/mol. The van der Waals surface area contributed by atoms with Crippen molar-refractivity contribution in [2.45, 2.75) is 6.23 Å². The number of aldehydes is 1. The van der Waals surface area contributed by atoms with Gasteiger partial charge < -0.3 is 28.7 Å². The summed E-state index contributed by atoms with van der Waals surface area (Å²) in [4.78, 5) is 10.4. The maximum atomic E-state index is 10.4. The van der Waals surface area contributed by atoms with Gasteiger partial charge in [-0.2, -0.15) is 0 Å². The Kier molecular flexibility index (Phi) is 5.07. The van der Waals surface area contributed by atoms with E-state index in [0.29, 0.717) is 0 Å². The molecule has 0 bridgehead atoms. The van der Waals surface area contributed by atoms with Crippen LogP contribution in [-0.2, 0) is 16.6 Å². The molecule has 0 fully saturated rings. The zero-order chi connectivity index (χ0) is 8.27. The van der Waals surface area contributed by atoms with E-state index in [2.05, 4.69) is 0 Å². The van der Waals surface area contributed by atoms with E-state index in [-0.39, 0.29) is 24.0 Å². The fourth-order valence-corrected chi connectivity index (χ4v) is 0.868. The van der Waals surface area contributed by atoms with Crippen molar-refractivity contribution in [2.75, 3.05) is 7.11 Å². The first-order valence-electron chi connectivity index (χ1n) is 3.28. The van der Waals surface area contributed by atoms with Gasteiger partial charge in [0.1, 0.15) is 12.4 Å². The lowest BCUT2D eigenvalue weighted by Crippen LogP contribution is -3.00. The third-order valence-corrected chi connectivity index (χ3v) is 1.44. The minimum atomic E-state index is -0.504.